The third kappa shape index (κ3) is 3.37. The molecule has 0 amide bonds. The average molecular weight is 281 g/mol. The number of benzene rings is 1. The van der Waals surface area contributed by atoms with Gasteiger partial charge in [-0.2, -0.15) is 0 Å². The van der Waals surface area contributed by atoms with Crippen molar-refractivity contribution in [1.82, 2.24) is 4.72 Å². The largest absolute Gasteiger partial charge is 0.240 e. The summed E-state index contributed by atoms with van der Waals surface area (Å²) in [5.74, 6) is 0.980. The van der Waals surface area contributed by atoms with Gasteiger partial charge in [0, 0.05) is 6.04 Å². The number of sulfonamides is 1. The summed E-state index contributed by atoms with van der Waals surface area (Å²) in [5, 5.41) is 0. The monoisotopic (exact) mass is 281 g/mol. The minimum absolute atomic E-state index is 0.0649. The Hall–Kier alpha value is -0.870. The molecular weight excluding hydrogens is 258 g/mol. The van der Waals surface area contributed by atoms with Crippen molar-refractivity contribution in [1.29, 1.82) is 0 Å². The standard InChI is InChI=1S/C15H23NO2S/c1-11-7-9-14(10-8-11)19(17,18)16-15-6-4-5-12(2)13(15)3/h7-10,12-13,15-16H,4-6H2,1-3H3/t12-,13-,15-/m0/s1. The number of hydrogen-bond donors (Lipinski definition) is 1. The van der Waals surface area contributed by atoms with Gasteiger partial charge < -0.3 is 0 Å². The Balaban J connectivity index is 2.15. The predicted octanol–water partition coefficient (Wildman–Crippen LogP) is 3.10. The topological polar surface area (TPSA) is 46.2 Å². The van der Waals surface area contributed by atoms with E-state index in [1.807, 2.05) is 19.1 Å². The highest BCUT2D eigenvalue weighted by Crippen LogP contribution is 2.30. The van der Waals surface area contributed by atoms with Crippen LogP contribution in [0.4, 0.5) is 0 Å². The van der Waals surface area contributed by atoms with Crippen molar-refractivity contribution in [2.45, 2.75) is 51.0 Å². The molecule has 1 aliphatic rings. The molecule has 0 aliphatic heterocycles. The normalized spacial score (nSPS) is 28.3. The number of hydrogen-bond acceptors (Lipinski definition) is 2. The summed E-state index contributed by atoms with van der Waals surface area (Å²) in [7, 11) is -3.38. The number of nitrogens with one attached hydrogen (secondary N) is 1. The van der Waals surface area contributed by atoms with E-state index in [1.165, 1.54) is 6.42 Å². The molecule has 19 heavy (non-hydrogen) atoms. The summed E-state index contributed by atoms with van der Waals surface area (Å²) < 4.78 is 27.6. The van der Waals surface area contributed by atoms with Crippen LogP contribution in [0.25, 0.3) is 0 Å². The maximum absolute atomic E-state index is 12.4. The second kappa shape index (κ2) is 5.63. The van der Waals surface area contributed by atoms with Gasteiger partial charge in [0.05, 0.1) is 4.90 Å². The van der Waals surface area contributed by atoms with Crippen molar-refractivity contribution < 1.29 is 8.42 Å². The van der Waals surface area contributed by atoms with Gasteiger partial charge in [0.2, 0.25) is 10.0 Å². The summed E-state index contributed by atoms with van der Waals surface area (Å²) >= 11 is 0. The van der Waals surface area contributed by atoms with Gasteiger partial charge in [0.1, 0.15) is 0 Å². The third-order valence-corrected chi connectivity index (χ3v) is 5.85. The molecule has 4 heteroatoms. The van der Waals surface area contributed by atoms with Gasteiger partial charge in [0.15, 0.2) is 0 Å². The molecule has 0 bridgehead atoms. The highest BCUT2D eigenvalue weighted by molar-refractivity contribution is 7.89. The van der Waals surface area contributed by atoms with E-state index < -0.39 is 10.0 Å². The Bertz CT molecular complexity index is 522. The molecule has 0 aromatic heterocycles. The smallest absolute Gasteiger partial charge is 0.208 e. The van der Waals surface area contributed by atoms with Crippen LogP contribution < -0.4 is 4.72 Å². The second-order valence-electron chi connectivity index (χ2n) is 5.81. The first-order valence-corrected chi connectivity index (χ1v) is 8.47. The zero-order valence-electron chi connectivity index (χ0n) is 11.9. The molecule has 1 N–H and O–H groups in total. The number of rotatable bonds is 3. The van der Waals surface area contributed by atoms with Gasteiger partial charge in [-0.15, -0.1) is 0 Å². The fourth-order valence-corrected chi connectivity index (χ4v) is 4.09. The second-order valence-corrected chi connectivity index (χ2v) is 7.52. The van der Waals surface area contributed by atoms with E-state index in [0.717, 1.165) is 18.4 Å². The molecule has 1 aromatic carbocycles. The van der Waals surface area contributed by atoms with Crippen LogP contribution in [0.2, 0.25) is 0 Å². The lowest BCUT2D eigenvalue weighted by Gasteiger charge is -2.34. The zero-order valence-corrected chi connectivity index (χ0v) is 12.7. The van der Waals surface area contributed by atoms with Crippen LogP contribution in [0.15, 0.2) is 29.2 Å². The summed E-state index contributed by atoms with van der Waals surface area (Å²) in [5.41, 5.74) is 1.07. The minimum atomic E-state index is -3.38. The molecule has 0 heterocycles. The Kier molecular flexibility index (Phi) is 4.31. The fraction of sp³-hybridized carbons (Fsp3) is 0.600. The van der Waals surface area contributed by atoms with Crippen LogP contribution in [0, 0.1) is 18.8 Å². The molecule has 1 fully saturated rings. The van der Waals surface area contributed by atoms with Gasteiger partial charge in [-0.3, -0.25) is 0 Å². The Morgan fingerprint density at radius 1 is 1.11 bits per heavy atom. The quantitative estimate of drug-likeness (QED) is 0.925. The van der Waals surface area contributed by atoms with Crippen LogP contribution >= 0.6 is 0 Å². The first kappa shape index (κ1) is 14.5. The van der Waals surface area contributed by atoms with E-state index >= 15 is 0 Å². The van der Waals surface area contributed by atoms with Gasteiger partial charge in [-0.05, 0) is 37.3 Å². The summed E-state index contributed by atoms with van der Waals surface area (Å²) in [6.45, 7) is 6.30. The zero-order chi connectivity index (χ0) is 14.0. The lowest BCUT2D eigenvalue weighted by molar-refractivity contribution is 0.227. The third-order valence-electron chi connectivity index (χ3n) is 4.34. The predicted molar refractivity (Wildman–Crippen MR) is 77.5 cm³/mol. The van der Waals surface area contributed by atoms with E-state index in [4.69, 9.17) is 0 Å². The molecule has 0 saturated heterocycles. The Morgan fingerprint density at radius 3 is 2.37 bits per heavy atom. The molecule has 3 atom stereocenters. The van der Waals surface area contributed by atoms with Crippen LogP contribution in [0.5, 0.6) is 0 Å². The lowest BCUT2D eigenvalue weighted by Crippen LogP contribution is -2.43. The van der Waals surface area contributed by atoms with E-state index in [9.17, 15) is 8.42 Å². The molecule has 1 saturated carbocycles. The Labute approximate surface area is 116 Å². The fourth-order valence-electron chi connectivity index (χ4n) is 2.73. The van der Waals surface area contributed by atoms with Crippen LogP contribution in [0.1, 0.15) is 38.7 Å². The molecule has 106 valence electrons. The maximum Gasteiger partial charge on any atom is 0.240 e. The summed E-state index contributed by atoms with van der Waals surface area (Å²) in [6.07, 6.45) is 3.24. The van der Waals surface area contributed by atoms with Gasteiger partial charge in [0.25, 0.3) is 0 Å². The molecule has 3 nitrogen and oxygen atoms in total. The summed E-state index contributed by atoms with van der Waals surface area (Å²) in [4.78, 5) is 0.364. The average Bonchev–Trinajstić information content (AvgIpc) is 2.35. The van der Waals surface area contributed by atoms with Crippen molar-refractivity contribution >= 4 is 10.0 Å². The maximum atomic E-state index is 12.4. The van der Waals surface area contributed by atoms with Gasteiger partial charge in [-0.25, -0.2) is 13.1 Å². The highest BCUT2D eigenvalue weighted by Gasteiger charge is 2.30. The molecular formula is C15H23NO2S. The van der Waals surface area contributed by atoms with Gasteiger partial charge in [-0.1, -0.05) is 44.4 Å². The van der Waals surface area contributed by atoms with Gasteiger partial charge >= 0.3 is 0 Å². The first-order chi connectivity index (χ1) is 8.90. The molecule has 0 unspecified atom stereocenters. The minimum Gasteiger partial charge on any atom is -0.208 e. The van der Waals surface area contributed by atoms with Crippen LogP contribution in [0.3, 0.4) is 0 Å². The molecule has 0 spiro atoms. The Morgan fingerprint density at radius 2 is 1.74 bits per heavy atom. The van der Waals surface area contributed by atoms with Crippen molar-refractivity contribution in [2.24, 2.45) is 11.8 Å². The lowest BCUT2D eigenvalue weighted by atomic mass is 9.78. The van der Waals surface area contributed by atoms with E-state index in [-0.39, 0.29) is 6.04 Å². The molecule has 0 radical (unpaired) electrons. The van der Waals surface area contributed by atoms with Crippen molar-refractivity contribution in [3.63, 3.8) is 0 Å². The SMILES string of the molecule is Cc1ccc(S(=O)(=O)N[C@H]2CCC[C@H](C)[C@@H]2C)cc1. The molecule has 2 rings (SSSR count). The summed E-state index contributed by atoms with van der Waals surface area (Å²) in [6, 6.07) is 7.08. The van der Waals surface area contributed by atoms with Crippen LogP contribution in [-0.4, -0.2) is 14.5 Å². The van der Waals surface area contributed by atoms with Crippen LogP contribution in [-0.2, 0) is 10.0 Å². The van der Waals surface area contributed by atoms with Crippen molar-refractivity contribution in [3.05, 3.63) is 29.8 Å². The molecule has 1 aliphatic carbocycles. The highest BCUT2D eigenvalue weighted by atomic mass is 32.2. The van der Waals surface area contributed by atoms with E-state index in [0.29, 0.717) is 16.7 Å². The van der Waals surface area contributed by atoms with Crippen molar-refractivity contribution in [3.8, 4) is 0 Å². The first-order valence-electron chi connectivity index (χ1n) is 6.99. The van der Waals surface area contributed by atoms with E-state index in [2.05, 4.69) is 18.6 Å². The van der Waals surface area contributed by atoms with E-state index in [1.54, 1.807) is 12.1 Å². The number of aryl methyl sites for hydroxylation is 1. The van der Waals surface area contributed by atoms with Crippen molar-refractivity contribution in [2.75, 3.05) is 0 Å². The molecule has 1 aromatic rings.